The van der Waals surface area contributed by atoms with Crippen molar-refractivity contribution in [2.45, 2.75) is 46.0 Å². The molecule has 0 aromatic carbocycles. The van der Waals surface area contributed by atoms with Crippen LogP contribution < -0.4 is 0 Å². The first-order valence-electron chi connectivity index (χ1n) is 5.28. The standard InChI is InChI=1S/C10H21O3S/c1-3-5-7-10(4-2)8-6-9-14(11,12)13/h8,10H,3-7,9H2,1-2H3,(H,11,12,13). The van der Waals surface area contributed by atoms with Crippen LogP contribution in [0.25, 0.3) is 0 Å². The topological polar surface area (TPSA) is 54.4 Å². The lowest BCUT2D eigenvalue weighted by Crippen LogP contribution is -2.07. The van der Waals surface area contributed by atoms with E-state index in [2.05, 4.69) is 13.8 Å². The average molecular weight is 221 g/mol. The van der Waals surface area contributed by atoms with Crippen LogP contribution in [0, 0.1) is 12.3 Å². The molecule has 14 heavy (non-hydrogen) atoms. The fourth-order valence-corrected chi connectivity index (χ4v) is 1.84. The first kappa shape index (κ1) is 13.9. The Hall–Kier alpha value is -0.0900. The predicted octanol–water partition coefficient (Wildman–Crippen LogP) is 2.68. The Morgan fingerprint density at radius 2 is 2.00 bits per heavy atom. The van der Waals surface area contributed by atoms with Crippen LogP contribution in [-0.2, 0) is 10.1 Å². The maximum atomic E-state index is 10.5. The van der Waals surface area contributed by atoms with Crippen LogP contribution in [0.2, 0.25) is 0 Å². The number of hydrogen-bond donors (Lipinski definition) is 1. The van der Waals surface area contributed by atoms with Gasteiger partial charge in [0, 0.05) is 0 Å². The summed E-state index contributed by atoms with van der Waals surface area (Å²) in [7, 11) is -3.78. The Labute approximate surface area is 87.7 Å². The van der Waals surface area contributed by atoms with Gasteiger partial charge in [-0.2, -0.15) is 8.42 Å². The second-order valence-electron chi connectivity index (χ2n) is 3.62. The van der Waals surface area contributed by atoms with Crippen molar-refractivity contribution in [3.05, 3.63) is 6.42 Å². The fraction of sp³-hybridized carbons (Fsp3) is 0.900. The summed E-state index contributed by atoms with van der Waals surface area (Å²) in [5.74, 6) is 0.354. The molecule has 0 aliphatic heterocycles. The predicted molar refractivity (Wildman–Crippen MR) is 58.6 cm³/mol. The zero-order valence-corrected chi connectivity index (χ0v) is 9.89. The summed E-state index contributed by atoms with van der Waals surface area (Å²) in [4.78, 5) is 0. The van der Waals surface area contributed by atoms with E-state index in [9.17, 15) is 8.42 Å². The highest BCUT2D eigenvalue weighted by molar-refractivity contribution is 7.85. The van der Waals surface area contributed by atoms with Crippen molar-refractivity contribution in [2.75, 3.05) is 5.75 Å². The molecule has 0 fully saturated rings. The van der Waals surface area contributed by atoms with E-state index >= 15 is 0 Å². The highest BCUT2D eigenvalue weighted by Crippen LogP contribution is 2.17. The third kappa shape index (κ3) is 8.51. The van der Waals surface area contributed by atoms with Gasteiger partial charge in [0.1, 0.15) is 0 Å². The summed E-state index contributed by atoms with van der Waals surface area (Å²) < 4.78 is 29.4. The monoisotopic (exact) mass is 221 g/mol. The van der Waals surface area contributed by atoms with Gasteiger partial charge in [0.15, 0.2) is 0 Å². The van der Waals surface area contributed by atoms with Gasteiger partial charge in [0.05, 0.1) is 5.75 Å². The molecule has 0 saturated heterocycles. The van der Waals surface area contributed by atoms with Crippen LogP contribution in [-0.4, -0.2) is 18.7 Å². The molecule has 1 radical (unpaired) electrons. The van der Waals surface area contributed by atoms with Crippen molar-refractivity contribution >= 4 is 10.1 Å². The molecule has 3 nitrogen and oxygen atoms in total. The molecule has 0 aliphatic carbocycles. The first-order valence-corrected chi connectivity index (χ1v) is 6.89. The minimum atomic E-state index is -3.78. The Balaban J connectivity index is 3.62. The van der Waals surface area contributed by atoms with E-state index in [-0.39, 0.29) is 5.75 Å². The minimum Gasteiger partial charge on any atom is -0.286 e. The zero-order valence-electron chi connectivity index (χ0n) is 9.07. The highest BCUT2D eigenvalue weighted by Gasteiger charge is 2.09. The summed E-state index contributed by atoms with van der Waals surface area (Å²) in [5, 5.41) is 0. The Morgan fingerprint density at radius 3 is 2.43 bits per heavy atom. The van der Waals surface area contributed by atoms with E-state index in [0.29, 0.717) is 12.3 Å². The van der Waals surface area contributed by atoms with Crippen molar-refractivity contribution in [1.29, 1.82) is 0 Å². The average Bonchev–Trinajstić information content (AvgIpc) is 2.09. The van der Waals surface area contributed by atoms with E-state index in [4.69, 9.17) is 4.55 Å². The molecule has 1 atom stereocenters. The molecule has 0 aromatic rings. The van der Waals surface area contributed by atoms with Crippen LogP contribution in [0.5, 0.6) is 0 Å². The molecule has 0 bridgehead atoms. The number of hydrogen-bond acceptors (Lipinski definition) is 2. The molecule has 0 aliphatic rings. The third-order valence-electron chi connectivity index (χ3n) is 2.33. The van der Waals surface area contributed by atoms with Crippen molar-refractivity contribution in [3.8, 4) is 0 Å². The molecule has 1 unspecified atom stereocenters. The van der Waals surface area contributed by atoms with Crippen LogP contribution in [0.4, 0.5) is 0 Å². The molecule has 0 rings (SSSR count). The molecular formula is C10H21O3S. The Kier molecular flexibility index (Phi) is 7.19. The maximum absolute atomic E-state index is 10.5. The molecular weight excluding hydrogens is 200 g/mol. The van der Waals surface area contributed by atoms with E-state index in [1.54, 1.807) is 0 Å². The second kappa shape index (κ2) is 7.23. The van der Waals surface area contributed by atoms with Crippen molar-refractivity contribution < 1.29 is 13.0 Å². The third-order valence-corrected chi connectivity index (χ3v) is 3.08. The Morgan fingerprint density at radius 1 is 1.36 bits per heavy atom. The van der Waals surface area contributed by atoms with Gasteiger partial charge >= 0.3 is 0 Å². The van der Waals surface area contributed by atoms with E-state index in [1.807, 2.05) is 6.42 Å². The van der Waals surface area contributed by atoms with Crippen molar-refractivity contribution in [3.63, 3.8) is 0 Å². The van der Waals surface area contributed by atoms with Gasteiger partial charge < -0.3 is 0 Å². The Bertz CT molecular complexity index is 222. The summed E-state index contributed by atoms with van der Waals surface area (Å²) in [5.41, 5.74) is 0. The molecule has 0 saturated carbocycles. The molecule has 0 spiro atoms. The molecule has 0 amide bonds. The summed E-state index contributed by atoms with van der Waals surface area (Å²) in [6.07, 6.45) is 7.00. The first-order chi connectivity index (χ1) is 6.49. The van der Waals surface area contributed by atoms with Gasteiger partial charge in [-0.3, -0.25) is 4.55 Å². The van der Waals surface area contributed by atoms with Gasteiger partial charge in [0.2, 0.25) is 0 Å². The van der Waals surface area contributed by atoms with E-state index in [0.717, 1.165) is 12.8 Å². The molecule has 0 heterocycles. The smallest absolute Gasteiger partial charge is 0.264 e. The summed E-state index contributed by atoms with van der Waals surface area (Å²) in [6.45, 7) is 4.25. The molecule has 0 aromatic heterocycles. The summed E-state index contributed by atoms with van der Waals surface area (Å²) in [6, 6.07) is 0. The van der Waals surface area contributed by atoms with Crippen molar-refractivity contribution in [2.24, 2.45) is 5.92 Å². The van der Waals surface area contributed by atoms with Crippen LogP contribution >= 0.6 is 0 Å². The van der Waals surface area contributed by atoms with Crippen LogP contribution in [0.1, 0.15) is 46.0 Å². The minimum absolute atomic E-state index is 0.143. The van der Waals surface area contributed by atoms with Crippen LogP contribution in [0.15, 0.2) is 0 Å². The van der Waals surface area contributed by atoms with Gasteiger partial charge in [-0.05, 0) is 18.8 Å². The largest absolute Gasteiger partial charge is 0.286 e. The number of rotatable bonds is 8. The normalized spacial score (nSPS) is 14.2. The molecule has 1 N–H and O–H groups in total. The summed E-state index contributed by atoms with van der Waals surface area (Å²) >= 11 is 0. The lowest BCUT2D eigenvalue weighted by Gasteiger charge is -2.12. The van der Waals surface area contributed by atoms with E-state index in [1.165, 1.54) is 12.8 Å². The quantitative estimate of drug-likeness (QED) is 0.641. The van der Waals surface area contributed by atoms with Gasteiger partial charge in [-0.25, -0.2) is 0 Å². The zero-order chi connectivity index (χ0) is 11.0. The number of unbranched alkanes of at least 4 members (excludes halogenated alkanes) is 1. The van der Waals surface area contributed by atoms with Gasteiger partial charge in [-0.15, -0.1) is 0 Å². The molecule has 85 valence electrons. The SMILES string of the molecule is CCCCC([CH]CCS(=O)(=O)O)CC. The van der Waals surface area contributed by atoms with E-state index < -0.39 is 10.1 Å². The van der Waals surface area contributed by atoms with Gasteiger partial charge in [-0.1, -0.05) is 39.5 Å². The lowest BCUT2D eigenvalue weighted by atomic mass is 9.95. The van der Waals surface area contributed by atoms with Crippen LogP contribution in [0.3, 0.4) is 0 Å². The maximum Gasteiger partial charge on any atom is 0.264 e. The highest BCUT2D eigenvalue weighted by atomic mass is 32.2. The van der Waals surface area contributed by atoms with Gasteiger partial charge in [0.25, 0.3) is 10.1 Å². The molecule has 4 heteroatoms. The van der Waals surface area contributed by atoms with Crippen molar-refractivity contribution in [1.82, 2.24) is 0 Å². The fourth-order valence-electron chi connectivity index (χ4n) is 1.41. The lowest BCUT2D eigenvalue weighted by molar-refractivity contribution is 0.473. The second-order valence-corrected chi connectivity index (χ2v) is 5.19.